The lowest BCUT2D eigenvalue weighted by molar-refractivity contribution is 0.218. The first-order valence-electron chi connectivity index (χ1n) is 8.52. The summed E-state index contributed by atoms with van der Waals surface area (Å²) in [5, 5.41) is 9.69. The summed E-state index contributed by atoms with van der Waals surface area (Å²) < 4.78 is 19.8. The SMILES string of the molecule is O=c1cc(CN2CCOc3ccc(CO)cc3C2)[nH]c2c(F)cccc12. The molecular formula is C20H19FN2O3. The van der Waals surface area contributed by atoms with Crippen LogP contribution in [0.2, 0.25) is 0 Å². The molecule has 4 rings (SSSR count). The summed E-state index contributed by atoms with van der Waals surface area (Å²) in [4.78, 5) is 17.5. The number of aromatic nitrogens is 1. The van der Waals surface area contributed by atoms with E-state index in [9.17, 15) is 14.3 Å². The molecule has 0 spiro atoms. The molecule has 0 aliphatic carbocycles. The Kier molecular flexibility index (Phi) is 4.44. The summed E-state index contributed by atoms with van der Waals surface area (Å²) in [7, 11) is 0. The minimum atomic E-state index is -0.432. The normalized spacial score (nSPS) is 14.7. The van der Waals surface area contributed by atoms with Gasteiger partial charge in [-0.15, -0.1) is 0 Å². The number of nitrogens with one attached hydrogen (secondary N) is 1. The number of ether oxygens (including phenoxy) is 1. The highest BCUT2D eigenvalue weighted by molar-refractivity contribution is 5.78. The van der Waals surface area contributed by atoms with Gasteiger partial charge in [0.25, 0.3) is 0 Å². The molecule has 3 aromatic rings. The van der Waals surface area contributed by atoms with Gasteiger partial charge in [0.2, 0.25) is 0 Å². The summed E-state index contributed by atoms with van der Waals surface area (Å²) in [5.41, 5.74) is 2.53. The number of aromatic amines is 1. The number of aliphatic hydroxyl groups is 1. The molecule has 1 aromatic heterocycles. The monoisotopic (exact) mass is 354 g/mol. The molecular weight excluding hydrogens is 335 g/mol. The van der Waals surface area contributed by atoms with Gasteiger partial charge in [-0.1, -0.05) is 12.1 Å². The number of para-hydroxylation sites is 1. The Morgan fingerprint density at radius 3 is 2.96 bits per heavy atom. The van der Waals surface area contributed by atoms with Gasteiger partial charge in [-0.3, -0.25) is 9.69 Å². The lowest BCUT2D eigenvalue weighted by atomic mass is 10.1. The van der Waals surface area contributed by atoms with Gasteiger partial charge in [0.15, 0.2) is 5.43 Å². The lowest BCUT2D eigenvalue weighted by Crippen LogP contribution is -2.26. The maximum atomic E-state index is 14.0. The fourth-order valence-electron chi connectivity index (χ4n) is 3.35. The van der Waals surface area contributed by atoms with Crippen molar-refractivity contribution in [3.63, 3.8) is 0 Å². The van der Waals surface area contributed by atoms with Gasteiger partial charge in [0.1, 0.15) is 18.2 Å². The largest absolute Gasteiger partial charge is 0.492 e. The van der Waals surface area contributed by atoms with Crippen molar-refractivity contribution in [3.8, 4) is 5.75 Å². The van der Waals surface area contributed by atoms with E-state index in [0.29, 0.717) is 37.3 Å². The second-order valence-electron chi connectivity index (χ2n) is 6.48. The predicted octanol–water partition coefficient (Wildman–Crippen LogP) is 2.55. The molecule has 2 heterocycles. The quantitative estimate of drug-likeness (QED) is 0.759. The Balaban J connectivity index is 1.63. The zero-order chi connectivity index (χ0) is 18.1. The summed E-state index contributed by atoms with van der Waals surface area (Å²) >= 11 is 0. The molecule has 0 radical (unpaired) electrons. The van der Waals surface area contributed by atoms with Crippen LogP contribution < -0.4 is 10.2 Å². The summed E-state index contributed by atoms with van der Waals surface area (Å²) in [5.74, 6) is 0.376. The lowest BCUT2D eigenvalue weighted by Gasteiger charge is -2.19. The highest BCUT2D eigenvalue weighted by Crippen LogP contribution is 2.25. The first-order chi connectivity index (χ1) is 12.6. The third kappa shape index (κ3) is 3.21. The number of hydrogen-bond acceptors (Lipinski definition) is 4. The fourth-order valence-corrected chi connectivity index (χ4v) is 3.35. The number of aliphatic hydroxyl groups excluding tert-OH is 1. The van der Waals surface area contributed by atoms with Gasteiger partial charge in [0, 0.05) is 42.3 Å². The average Bonchev–Trinajstić information content (AvgIpc) is 2.83. The van der Waals surface area contributed by atoms with Crippen LogP contribution in [-0.2, 0) is 19.7 Å². The second-order valence-corrected chi connectivity index (χ2v) is 6.48. The standard InChI is InChI=1S/C20H19FN2O3/c21-17-3-1-2-16-18(25)9-15(22-20(16)17)11-23-6-7-26-19-5-4-13(12-24)8-14(19)10-23/h1-5,8-9,24H,6-7,10-12H2,(H,22,25). The molecule has 26 heavy (non-hydrogen) atoms. The molecule has 134 valence electrons. The zero-order valence-corrected chi connectivity index (χ0v) is 14.2. The minimum Gasteiger partial charge on any atom is -0.492 e. The number of halogens is 1. The average molecular weight is 354 g/mol. The molecule has 0 amide bonds. The van der Waals surface area contributed by atoms with Crippen molar-refractivity contribution in [2.45, 2.75) is 19.7 Å². The molecule has 0 saturated heterocycles. The number of benzene rings is 2. The molecule has 0 bridgehead atoms. The van der Waals surface area contributed by atoms with Crippen molar-refractivity contribution in [2.24, 2.45) is 0 Å². The number of pyridine rings is 1. The van der Waals surface area contributed by atoms with Crippen LogP contribution in [0.25, 0.3) is 10.9 Å². The molecule has 6 heteroatoms. The molecule has 0 fully saturated rings. The van der Waals surface area contributed by atoms with Crippen LogP contribution >= 0.6 is 0 Å². The molecule has 1 aliphatic heterocycles. The van der Waals surface area contributed by atoms with Gasteiger partial charge in [-0.05, 0) is 29.8 Å². The fraction of sp³-hybridized carbons (Fsp3) is 0.250. The molecule has 5 nitrogen and oxygen atoms in total. The number of nitrogens with zero attached hydrogens (tertiary/aromatic N) is 1. The zero-order valence-electron chi connectivity index (χ0n) is 14.2. The summed E-state index contributed by atoms with van der Waals surface area (Å²) in [6, 6.07) is 11.7. The first kappa shape index (κ1) is 16.8. The number of rotatable bonds is 3. The van der Waals surface area contributed by atoms with Crippen molar-refractivity contribution in [1.29, 1.82) is 0 Å². The van der Waals surface area contributed by atoms with E-state index in [1.807, 2.05) is 18.2 Å². The Hall–Kier alpha value is -2.70. The summed E-state index contributed by atoms with van der Waals surface area (Å²) in [6.45, 7) is 2.29. The van der Waals surface area contributed by atoms with E-state index < -0.39 is 5.82 Å². The summed E-state index contributed by atoms with van der Waals surface area (Å²) in [6.07, 6.45) is 0. The Labute approximate surface area is 149 Å². The number of hydrogen-bond donors (Lipinski definition) is 2. The van der Waals surface area contributed by atoms with E-state index in [0.717, 1.165) is 16.9 Å². The van der Waals surface area contributed by atoms with Crippen LogP contribution in [0.4, 0.5) is 4.39 Å². The van der Waals surface area contributed by atoms with Crippen molar-refractivity contribution in [1.82, 2.24) is 9.88 Å². The van der Waals surface area contributed by atoms with E-state index in [2.05, 4.69) is 9.88 Å². The van der Waals surface area contributed by atoms with Crippen LogP contribution in [0.15, 0.2) is 47.3 Å². The van der Waals surface area contributed by atoms with Crippen molar-refractivity contribution < 1.29 is 14.2 Å². The van der Waals surface area contributed by atoms with E-state index in [1.165, 1.54) is 18.2 Å². The third-order valence-electron chi connectivity index (χ3n) is 4.63. The van der Waals surface area contributed by atoms with E-state index in [-0.39, 0.29) is 17.6 Å². The maximum Gasteiger partial charge on any atom is 0.189 e. The molecule has 0 unspecified atom stereocenters. The van der Waals surface area contributed by atoms with Crippen molar-refractivity contribution >= 4 is 10.9 Å². The Morgan fingerprint density at radius 1 is 1.23 bits per heavy atom. The van der Waals surface area contributed by atoms with E-state index >= 15 is 0 Å². The Bertz CT molecular complexity index is 1020. The second kappa shape index (κ2) is 6.90. The first-order valence-corrected chi connectivity index (χ1v) is 8.52. The maximum absolute atomic E-state index is 14.0. The van der Waals surface area contributed by atoms with Crippen molar-refractivity contribution in [2.75, 3.05) is 13.2 Å². The minimum absolute atomic E-state index is 0.0233. The van der Waals surface area contributed by atoms with Crippen LogP contribution in [0.3, 0.4) is 0 Å². The van der Waals surface area contributed by atoms with Crippen LogP contribution in [-0.4, -0.2) is 28.1 Å². The van der Waals surface area contributed by atoms with Gasteiger partial charge >= 0.3 is 0 Å². The number of H-pyrrole nitrogens is 1. The van der Waals surface area contributed by atoms with Crippen LogP contribution in [0, 0.1) is 5.82 Å². The molecule has 0 atom stereocenters. The molecule has 2 aromatic carbocycles. The highest BCUT2D eigenvalue weighted by atomic mass is 19.1. The molecule has 1 aliphatic rings. The van der Waals surface area contributed by atoms with Gasteiger partial charge in [-0.25, -0.2) is 4.39 Å². The predicted molar refractivity (Wildman–Crippen MR) is 96.5 cm³/mol. The van der Waals surface area contributed by atoms with Crippen LogP contribution in [0.1, 0.15) is 16.8 Å². The smallest absolute Gasteiger partial charge is 0.189 e. The molecule has 2 N–H and O–H groups in total. The topological polar surface area (TPSA) is 65.6 Å². The van der Waals surface area contributed by atoms with Gasteiger partial charge in [-0.2, -0.15) is 0 Å². The highest BCUT2D eigenvalue weighted by Gasteiger charge is 2.17. The van der Waals surface area contributed by atoms with E-state index in [1.54, 1.807) is 6.07 Å². The molecule has 0 saturated carbocycles. The van der Waals surface area contributed by atoms with Crippen molar-refractivity contribution in [3.05, 3.63) is 75.3 Å². The van der Waals surface area contributed by atoms with E-state index in [4.69, 9.17) is 4.74 Å². The Morgan fingerprint density at radius 2 is 2.12 bits per heavy atom. The van der Waals surface area contributed by atoms with Gasteiger partial charge < -0.3 is 14.8 Å². The van der Waals surface area contributed by atoms with Crippen LogP contribution in [0.5, 0.6) is 5.75 Å². The third-order valence-corrected chi connectivity index (χ3v) is 4.63. The van der Waals surface area contributed by atoms with Gasteiger partial charge in [0.05, 0.1) is 12.1 Å². The number of fused-ring (bicyclic) bond motifs is 2.